The number of hydrogen-bond acceptors (Lipinski definition) is 2. The number of hydrogen-bond donors (Lipinski definition) is 0. The third kappa shape index (κ3) is 4.07. The van der Waals surface area contributed by atoms with Crippen molar-refractivity contribution >= 4 is 28.5 Å². The highest BCUT2D eigenvalue weighted by Gasteiger charge is 2.25. The van der Waals surface area contributed by atoms with Crippen molar-refractivity contribution in [2.24, 2.45) is 0 Å². The van der Waals surface area contributed by atoms with Gasteiger partial charge in [-0.1, -0.05) is 37.6 Å². The first kappa shape index (κ1) is 20.4. The van der Waals surface area contributed by atoms with Gasteiger partial charge in [0.15, 0.2) is 0 Å². The van der Waals surface area contributed by atoms with Crippen molar-refractivity contribution in [3.63, 3.8) is 0 Å². The number of aromatic nitrogens is 2. The molecular formula is C23H28ClN3O. The standard InChI is InChI=1S/C23H28ClN3O/c1-5-16(3)27(17(4)6-2)22(28)15-26-21-10-8-7-9-20(21)25-23(26)18-11-13-19(24)14-12-18/h7-14,16-17H,5-6,15H2,1-4H3. The molecule has 0 bridgehead atoms. The topological polar surface area (TPSA) is 38.1 Å². The van der Waals surface area contributed by atoms with E-state index in [0.29, 0.717) is 5.02 Å². The molecule has 1 heterocycles. The lowest BCUT2D eigenvalue weighted by Crippen LogP contribution is -2.45. The first-order chi connectivity index (χ1) is 13.5. The molecule has 0 fully saturated rings. The van der Waals surface area contributed by atoms with Crippen LogP contribution in [0.1, 0.15) is 40.5 Å². The molecule has 0 aliphatic heterocycles. The van der Waals surface area contributed by atoms with Crippen LogP contribution in [0.25, 0.3) is 22.4 Å². The second-order valence-electron chi connectivity index (χ2n) is 7.33. The van der Waals surface area contributed by atoms with E-state index < -0.39 is 0 Å². The first-order valence-electron chi connectivity index (χ1n) is 9.98. The van der Waals surface area contributed by atoms with Gasteiger partial charge in [-0.05, 0) is 63.1 Å². The van der Waals surface area contributed by atoms with Crippen molar-refractivity contribution in [3.8, 4) is 11.4 Å². The number of fused-ring (bicyclic) bond motifs is 1. The Bertz CT molecular complexity index is 938. The maximum Gasteiger partial charge on any atom is 0.243 e. The lowest BCUT2D eigenvalue weighted by atomic mass is 10.1. The van der Waals surface area contributed by atoms with Gasteiger partial charge in [0.2, 0.25) is 5.91 Å². The van der Waals surface area contributed by atoms with E-state index in [1.54, 1.807) is 0 Å². The molecule has 0 aliphatic rings. The van der Waals surface area contributed by atoms with Crippen LogP contribution in [0.2, 0.25) is 5.02 Å². The molecule has 4 nitrogen and oxygen atoms in total. The molecule has 0 radical (unpaired) electrons. The lowest BCUT2D eigenvalue weighted by Gasteiger charge is -2.34. The highest BCUT2D eigenvalue weighted by atomic mass is 35.5. The second-order valence-corrected chi connectivity index (χ2v) is 7.77. The van der Waals surface area contributed by atoms with Crippen LogP contribution in [0.3, 0.4) is 0 Å². The number of carbonyl (C=O) groups is 1. The average molecular weight is 398 g/mol. The van der Waals surface area contributed by atoms with Crippen LogP contribution in [-0.4, -0.2) is 32.4 Å². The molecule has 0 N–H and O–H groups in total. The highest BCUT2D eigenvalue weighted by molar-refractivity contribution is 6.30. The summed E-state index contributed by atoms with van der Waals surface area (Å²) in [7, 11) is 0. The van der Waals surface area contributed by atoms with Crippen LogP contribution < -0.4 is 0 Å². The molecule has 1 aromatic heterocycles. The van der Waals surface area contributed by atoms with Gasteiger partial charge in [0.1, 0.15) is 12.4 Å². The van der Waals surface area contributed by atoms with Crippen LogP contribution in [-0.2, 0) is 11.3 Å². The van der Waals surface area contributed by atoms with Gasteiger partial charge in [-0.3, -0.25) is 4.79 Å². The maximum atomic E-state index is 13.3. The smallest absolute Gasteiger partial charge is 0.243 e. The zero-order valence-corrected chi connectivity index (χ0v) is 17.8. The summed E-state index contributed by atoms with van der Waals surface area (Å²) >= 11 is 6.06. The number of benzene rings is 2. The minimum absolute atomic E-state index is 0.127. The number of halogens is 1. The van der Waals surface area contributed by atoms with Crippen LogP contribution in [0.4, 0.5) is 0 Å². The number of imidazole rings is 1. The third-order valence-corrected chi connectivity index (χ3v) is 5.72. The Morgan fingerprint density at radius 3 is 2.25 bits per heavy atom. The molecule has 2 aromatic carbocycles. The molecule has 5 heteroatoms. The minimum Gasteiger partial charge on any atom is -0.336 e. The molecule has 0 spiro atoms. The van der Waals surface area contributed by atoms with Crippen molar-refractivity contribution in [1.29, 1.82) is 0 Å². The number of rotatable bonds is 7. The van der Waals surface area contributed by atoms with Gasteiger partial charge in [-0.25, -0.2) is 4.98 Å². The molecule has 0 saturated heterocycles. The summed E-state index contributed by atoms with van der Waals surface area (Å²) in [5, 5.41) is 0.683. The van der Waals surface area contributed by atoms with Crippen molar-refractivity contribution in [3.05, 3.63) is 53.6 Å². The van der Waals surface area contributed by atoms with Crippen molar-refractivity contribution < 1.29 is 4.79 Å². The Morgan fingerprint density at radius 1 is 1.04 bits per heavy atom. The summed E-state index contributed by atoms with van der Waals surface area (Å²) in [5.41, 5.74) is 2.81. The molecule has 2 atom stereocenters. The van der Waals surface area contributed by atoms with E-state index in [1.807, 2.05) is 58.0 Å². The molecule has 28 heavy (non-hydrogen) atoms. The molecule has 3 aromatic rings. The Hall–Kier alpha value is -2.33. The molecular weight excluding hydrogens is 370 g/mol. The fourth-order valence-corrected chi connectivity index (χ4v) is 3.72. The Balaban J connectivity index is 2.05. The largest absolute Gasteiger partial charge is 0.336 e. The SMILES string of the molecule is CCC(C)N(C(=O)Cn1c(-c2ccc(Cl)cc2)nc2ccccc21)C(C)CC. The van der Waals surface area contributed by atoms with Crippen LogP contribution in [0, 0.1) is 0 Å². The minimum atomic E-state index is 0.127. The summed E-state index contributed by atoms with van der Waals surface area (Å²) < 4.78 is 2.03. The fraction of sp³-hybridized carbons (Fsp3) is 0.391. The molecule has 2 unspecified atom stereocenters. The van der Waals surface area contributed by atoms with Crippen LogP contribution in [0.5, 0.6) is 0 Å². The summed E-state index contributed by atoms with van der Waals surface area (Å²) in [6.45, 7) is 8.76. The van der Waals surface area contributed by atoms with E-state index in [4.69, 9.17) is 16.6 Å². The van der Waals surface area contributed by atoms with Gasteiger partial charge >= 0.3 is 0 Å². The van der Waals surface area contributed by atoms with Crippen LogP contribution in [0.15, 0.2) is 48.5 Å². The normalized spacial score (nSPS) is 13.5. The third-order valence-electron chi connectivity index (χ3n) is 5.47. The van der Waals surface area contributed by atoms with E-state index in [-0.39, 0.29) is 24.5 Å². The van der Waals surface area contributed by atoms with E-state index in [1.165, 1.54) is 0 Å². The zero-order chi connectivity index (χ0) is 20.3. The molecule has 0 aliphatic carbocycles. The highest BCUT2D eigenvalue weighted by Crippen LogP contribution is 2.26. The monoisotopic (exact) mass is 397 g/mol. The Kier molecular flexibility index (Phi) is 6.40. The zero-order valence-electron chi connectivity index (χ0n) is 17.0. The molecule has 0 saturated carbocycles. The first-order valence-corrected chi connectivity index (χ1v) is 10.4. The van der Waals surface area contributed by atoms with Gasteiger partial charge in [-0.15, -0.1) is 0 Å². The van der Waals surface area contributed by atoms with E-state index in [2.05, 4.69) is 27.7 Å². The van der Waals surface area contributed by atoms with Gasteiger partial charge in [0.25, 0.3) is 0 Å². The lowest BCUT2D eigenvalue weighted by molar-refractivity contribution is -0.136. The fourth-order valence-electron chi connectivity index (χ4n) is 3.59. The molecule has 3 rings (SSSR count). The molecule has 148 valence electrons. The summed E-state index contributed by atoms with van der Waals surface area (Å²) in [6.07, 6.45) is 1.87. The molecule has 1 amide bonds. The summed E-state index contributed by atoms with van der Waals surface area (Å²) in [4.78, 5) is 20.2. The Morgan fingerprint density at radius 2 is 1.64 bits per heavy atom. The number of nitrogens with zero attached hydrogens (tertiary/aromatic N) is 3. The van der Waals surface area contributed by atoms with Crippen molar-refractivity contribution in [2.75, 3.05) is 0 Å². The number of carbonyl (C=O) groups excluding carboxylic acids is 1. The number of para-hydroxylation sites is 2. The van der Waals surface area contributed by atoms with Gasteiger partial charge in [-0.2, -0.15) is 0 Å². The maximum absolute atomic E-state index is 13.3. The van der Waals surface area contributed by atoms with Gasteiger partial charge in [0.05, 0.1) is 11.0 Å². The van der Waals surface area contributed by atoms with E-state index in [0.717, 1.165) is 35.3 Å². The second kappa shape index (κ2) is 8.78. The van der Waals surface area contributed by atoms with Gasteiger partial charge < -0.3 is 9.47 Å². The van der Waals surface area contributed by atoms with Crippen LogP contribution >= 0.6 is 11.6 Å². The van der Waals surface area contributed by atoms with Gasteiger partial charge in [0, 0.05) is 22.7 Å². The average Bonchev–Trinajstić information content (AvgIpc) is 3.06. The quantitative estimate of drug-likeness (QED) is 0.506. The predicted molar refractivity (Wildman–Crippen MR) is 117 cm³/mol. The number of amides is 1. The van der Waals surface area contributed by atoms with E-state index >= 15 is 0 Å². The predicted octanol–water partition coefficient (Wildman–Crippen LogP) is 5.78. The van der Waals surface area contributed by atoms with E-state index in [9.17, 15) is 4.79 Å². The van der Waals surface area contributed by atoms with Crippen molar-refractivity contribution in [1.82, 2.24) is 14.5 Å². The summed E-state index contributed by atoms with van der Waals surface area (Å²) in [6, 6.07) is 16.0. The summed E-state index contributed by atoms with van der Waals surface area (Å²) in [5.74, 6) is 0.918. The van der Waals surface area contributed by atoms with Crippen molar-refractivity contribution in [2.45, 2.75) is 59.2 Å². The Labute approximate surface area is 172 Å².